The van der Waals surface area contributed by atoms with Crippen LogP contribution in [0.25, 0.3) is 16.6 Å². The first-order chi connectivity index (χ1) is 23.5. The third-order valence-corrected chi connectivity index (χ3v) is 12.1. The van der Waals surface area contributed by atoms with Crippen LogP contribution < -0.4 is 10.1 Å². The summed E-state index contributed by atoms with van der Waals surface area (Å²) in [5.41, 5.74) is 2.59. The van der Waals surface area contributed by atoms with Gasteiger partial charge >= 0.3 is 5.97 Å². The van der Waals surface area contributed by atoms with Gasteiger partial charge in [-0.1, -0.05) is 35.3 Å². The van der Waals surface area contributed by atoms with Crippen molar-refractivity contribution in [3.63, 3.8) is 0 Å². The number of hydrogen-bond donors (Lipinski definition) is 2. The molecule has 0 radical (unpaired) electrons. The zero-order valence-corrected chi connectivity index (χ0v) is 29.3. The fourth-order valence-corrected chi connectivity index (χ4v) is 9.08. The van der Waals surface area contributed by atoms with Gasteiger partial charge in [-0.2, -0.15) is 4.31 Å². The Bertz CT molecular complexity index is 1950. The predicted molar refractivity (Wildman–Crippen MR) is 186 cm³/mol. The molecule has 0 bridgehead atoms. The number of aliphatic carboxylic acids is 1. The largest absolute Gasteiger partial charge is 0.487 e. The minimum absolute atomic E-state index is 0.0586. The van der Waals surface area contributed by atoms with Crippen LogP contribution in [0.3, 0.4) is 0 Å². The minimum Gasteiger partial charge on any atom is -0.487 e. The average molecular weight is 730 g/mol. The predicted octanol–water partition coefficient (Wildman–Crippen LogP) is 5.07. The number of ether oxygens (including phenoxy) is 1. The van der Waals surface area contributed by atoms with E-state index in [9.17, 15) is 18.0 Å². The summed E-state index contributed by atoms with van der Waals surface area (Å²) in [6.07, 6.45) is 7.96. The van der Waals surface area contributed by atoms with E-state index < -0.39 is 22.0 Å². The number of nitrogens with one attached hydrogen (secondary N) is 1. The number of piperidine rings is 1. The number of pyridine rings is 1. The van der Waals surface area contributed by atoms with Gasteiger partial charge in [-0.05, 0) is 75.9 Å². The lowest BCUT2D eigenvalue weighted by Gasteiger charge is -2.32. The number of carbonyl (C=O) groups excluding carboxylic acids is 1. The number of carboxylic acid groups (broad SMARTS) is 1. The van der Waals surface area contributed by atoms with Crippen LogP contribution in [0.1, 0.15) is 43.4 Å². The van der Waals surface area contributed by atoms with Gasteiger partial charge in [-0.3, -0.25) is 9.59 Å². The maximum atomic E-state index is 14.0. The molecular weight excluding hydrogens is 691 g/mol. The van der Waals surface area contributed by atoms with Crippen molar-refractivity contribution in [2.75, 3.05) is 32.7 Å². The normalized spacial score (nSPS) is 17.8. The number of amides is 1. The number of benzene rings is 2. The van der Waals surface area contributed by atoms with E-state index in [0.717, 1.165) is 42.7 Å². The van der Waals surface area contributed by atoms with Crippen molar-refractivity contribution in [2.24, 2.45) is 5.92 Å². The fourth-order valence-electron chi connectivity index (χ4n) is 6.56. The summed E-state index contributed by atoms with van der Waals surface area (Å²) in [7, 11) is -4.17. The Morgan fingerprint density at radius 1 is 1.10 bits per heavy atom. The number of halogens is 2. The highest BCUT2D eigenvalue weighted by molar-refractivity contribution is 7.89. The van der Waals surface area contributed by atoms with Crippen molar-refractivity contribution in [1.29, 1.82) is 0 Å². The molecule has 2 N–H and O–H groups in total. The lowest BCUT2D eigenvalue weighted by Crippen LogP contribution is -2.47. The third kappa shape index (κ3) is 7.71. The Morgan fingerprint density at radius 3 is 2.63 bits per heavy atom. The van der Waals surface area contributed by atoms with Crippen molar-refractivity contribution in [3.8, 4) is 11.4 Å². The van der Waals surface area contributed by atoms with Gasteiger partial charge in [0.15, 0.2) is 0 Å². The highest BCUT2D eigenvalue weighted by Crippen LogP contribution is 2.37. The number of carboxylic acids is 1. The summed E-state index contributed by atoms with van der Waals surface area (Å²) < 4.78 is 37.4. The lowest BCUT2D eigenvalue weighted by molar-refractivity contribution is -0.137. The van der Waals surface area contributed by atoms with E-state index in [0.29, 0.717) is 42.8 Å². The number of likely N-dealkylation sites (tertiary alicyclic amines) is 1. The SMILES string of the molecule is Cc1cc(-n2ccnc2)c2cccc(OCc3c(Cl)ccc(S(=O)(=O)N4CCC[C@H]4C(=O)NCC4CCN(CCC(=O)O)CC4)c3Cl)c2n1. The molecule has 1 amide bonds. The average Bonchev–Trinajstić information content (AvgIpc) is 3.80. The summed E-state index contributed by atoms with van der Waals surface area (Å²) in [5, 5.41) is 12.9. The van der Waals surface area contributed by atoms with Crippen molar-refractivity contribution in [1.82, 2.24) is 29.1 Å². The topological polar surface area (TPSA) is 147 Å². The maximum Gasteiger partial charge on any atom is 0.304 e. The van der Waals surface area contributed by atoms with Crippen LogP contribution >= 0.6 is 23.2 Å². The second-order valence-electron chi connectivity index (χ2n) is 12.5. The first kappa shape index (κ1) is 35.1. The van der Waals surface area contributed by atoms with E-state index in [1.165, 1.54) is 16.4 Å². The van der Waals surface area contributed by atoms with E-state index in [1.54, 1.807) is 18.6 Å². The summed E-state index contributed by atoms with van der Waals surface area (Å²) in [5.74, 6) is -0.436. The van der Waals surface area contributed by atoms with Crippen LogP contribution in [0.5, 0.6) is 5.75 Å². The second kappa shape index (κ2) is 15.0. The zero-order valence-electron chi connectivity index (χ0n) is 27.0. The summed E-state index contributed by atoms with van der Waals surface area (Å²) >= 11 is 13.3. The minimum atomic E-state index is -4.17. The van der Waals surface area contributed by atoms with E-state index in [4.69, 9.17) is 38.0 Å². The Labute approximate surface area is 295 Å². The molecule has 2 aliphatic rings. The van der Waals surface area contributed by atoms with Gasteiger partial charge in [0.2, 0.25) is 15.9 Å². The van der Waals surface area contributed by atoms with Crippen molar-refractivity contribution in [2.45, 2.75) is 56.6 Å². The molecule has 0 aliphatic carbocycles. The standard InChI is InChI=1S/C34H38Cl2N6O6S/c1-22-18-28(41-17-12-37-21-41)24-4-2-6-29(33(24)39-22)48-20-25-26(35)7-8-30(32(25)36)49(46,47)42-13-3-5-27(42)34(45)38-19-23-9-14-40(15-10-23)16-11-31(43)44/h2,4,6-8,12,17-18,21,23,27H,3,5,9-11,13-16,19-20H2,1H3,(H,38,45)(H,43,44)/t27-/m0/s1. The highest BCUT2D eigenvalue weighted by atomic mass is 35.5. The Hall–Kier alpha value is -3.75. The van der Waals surface area contributed by atoms with Gasteiger partial charge in [0.1, 0.15) is 28.8 Å². The molecule has 0 saturated carbocycles. The number of fused-ring (bicyclic) bond motifs is 1. The van der Waals surface area contributed by atoms with Crippen LogP contribution in [0.2, 0.25) is 10.0 Å². The van der Waals surface area contributed by atoms with Crippen molar-refractivity contribution < 1.29 is 27.9 Å². The molecule has 2 aromatic carbocycles. The van der Waals surface area contributed by atoms with Crippen LogP contribution in [0, 0.1) is 12.8 Å². The van der Waals surface area contributed by atoms with Crippen molar-refractivity contribution in [3.05, 3.63) is 76.4 Å². The molecule has 6 rings (SSSR count). The molecule has 2 aliphatic heterocycles. The molecule has 15 heteroatoms. The molecule has 2 aromatic heterocycles. The summed E-state index contributed by atoms with van der Waals surface area (Å²) in [4.78, 5) is 35.1. The quantitative estimate of drug-likeness (QED) is 0.204. The van der Waals surface area contributed by atoms with E-state index in [1.807, 2.05) is 35.9 Å². The number of rotatable bonds is 12. The highest BCUT2D eigenvalue weighted by Gasteiger charge is 2.41. The smallest absolute Gasteiger partial charge is 0.304 e. The van der Waals surface area contributed by atoms with Crippen LogP contribution in [0.4, 0.5) is 0 Å². The van der Waals surface area contributed by atoms with Crippen LogP contribution in [-0.4, -0.2) is 87.9 Å². The molecule has 0 unspecified atom stereocenters. The number of para-hydroxylation sites is 1. The maximum absolute atomic E-state index is 14.0. The molecule has 1 atom stereocenters. The first-order valence-corrected chi connectivity index (χ1v) is 18.4. The van der Waals surface area contributed by atoms with Gasteiger partial charge in [-0.15, -0.1) is 0 Å². The van der Waals surface area contributed by atoms with Gasteiger partial charge in [0.25, 0.3) is 0 Å². The number of aryl methyl sites for hydroxylation is 1. The Morgan fingerprint density at radius 2 is 1.90 bits per heavy atom. The molecule has 260 valence electrons. The Balaban J connectivity index is 1.15. The second-order valence-corrected chi connectivity index (χ2v) is 15.1. The molecule has 12 nitrogen and oxygen atoms in total. The summed E-state index contributed by atoms with van der Waals surface area (Å²) in [6, 6.07) is 9.52. The number of nitrogens with zero attached hydrogens (tertiary/aromatic N) is 5. The first-order valence-electron chi connectivity index (χ1n) is 16.2. The van der Waals surface area contributed by atoms with E-state index in [2.05, 4.69) is 15.2 Å². The molecule has 4 aromatic rings. The van der Waals surface area contributed by atoms with Crippen LogP contribution in [-0.2, 0) is 26.2 Å². The zero-order chi connectivity index (χ0) is 34.7. The molecule has 2 saturated heterocycles. The van der Waals surface area contributed by atoms with Gasteiger partial charge in [0.05, 0.1) is 23.5 Å². The summed E-state index contributed by atoms with van der Waals surface area (Å²) in [6.45, 7) is 4.44. The number of hydrogen-bond acceptors (Lipinski definition) is 8. The van der Waals surface area contributed by atoms with Gasteiger partial charge in [0, 0.05) is 53.7 Å². The van der Waals surface area contributed by atoms with Crippen LogP contribution in [0.15, 0.2) is 60.0 Å². The number of carbonyl (C=O) groups is 2. The van der Waals surface area contributed by atoms with Gasteiger partial charge in [-0.25, -0.2) is 18.4 Å². The molecular formula is C34H38Cl2N6O6S. The molecule has 0 spiro atoms. The number of sulfonamides is 1. The van der Waals surface area contributed by atoms with E-state index in [-0.39, 0.29) is 46.3 Å². The fraction of sp³-hybridized carbons (Fsp3) is 0.412. The monoisotopic (exact) mass is 728 g/mol. The number of imidazole rings is 1. The van der Waals surface area contributed by atoms with Crippen molar-refractivity contribution >= 4 is 56.0 Å². The molecule has 49 heavy (non-hydrogen) atoms. The lowest BCUT2D eigenvalue weighted by atomic mass is 9.96. The molecule has 4 heterocycles. The molecule has 2 fully saturated rings. The van der Waals surface area contributed by atoms with Gasteiger partial charge < -0.3 is 24.6 Å². The third-order valence-electron chi connectivity index (χ3n) is 9.22. The van der Waals surface area contributed by atoms with E-state index >= 15 is 0 Å². The Kier molecular flexibility index (Phi) is 10.8. The number of aromatic nitrogens is 3.